The molecule has 11 heteroatoms. The lowest BCUT2D eigenvalue weighted by Crippen LogP contribution is -2.38. The molecule has 1 aliphatic heterocycles. The van der Waals surface area contributed by atoms with Crippen molar-refractivity contribution in [2.45, 2.75) is 40.0 Å². The van der Waals surface area contributed by atoms with E-state index in [-0.39, 0.29) is 24.4 Å². The molecule has 0 radical (unpaired) electrons. The van der Waals surface area contributed by atoms with Crippen LogP contribution in [0.1, 0.15) is 40.0 Å². The van der Waals surface area contributed by atoms with Crippen molar-refractivity contribution in [3.63, 3.8) is 0 Å². The maximum Gasteiger partial charge on any atom is 0.342 e. The molecule has 0 spiro atoms. The van der Waals surface area contributed by atoms with Crippen LogP contribution < -0.4 is 0 Å². The largest absolute Gasteiger partial charge is 0.342 e. The van der Waals surface area contributed by atoms with Gasteiger partial charge in [0.25, 0.3) is 21.9 Å². The lowest BCUT2D eigenvalue weighted by atomic mass is 10.4. The second-order valence-electron chi connectivity index (χ2n) is 4.18. The number of nitrogens with zero attached hydrogens (tertiary/aromatic N) is 2. The van der Waals surface area contributed by atoms with E-state index in [0.29, 0.717) is 4.90 Å². The van der Waals surface area contributed by atoms with Crippen molar-refractivity contribution in [3.05, 3.63) is 0 Å². The molecule has 0 aromatic carbocycles. The third kappa shape index (κ3) is 7.19. The van der Waals surface area contributed by atoms with Crippen LogP contribution in [0.2, 0.25) is 0 Å². The second kappa shape index (κ2) is 9.20. The highest BCUT2D eigenvalue weighted by atomic mass is 32.2. The van der Waals surface area contributed by atoms with Gasteiger partial charge in [0.1, 0.15) is 12.3 Å². The summed E-state index contributed by atoms with van der Waals surface area (Å²) < 4.78 is 30.1. The number of hydroxylamine groups is 2. The highest BCUT2D eigenvalue weighted by Crippen LogP contribution is 2.13. The monoisotopic (exact) mass is 352 g/mol. The third-order valence-corrected chi connectivity index (χ3v) is 3.19. The van der Waals surface area contributed by atoms with Crippen LogP contribution in [0.3, 0.4) is 0 Å². The molecule has 0 atom stereocenters. The van der Waals surface area contributed by atoms with Gasteiger partial charge in [0.2, 0.25) is 5.91 Å². The van der Waals surface area contributed by atoms with E-state index >= 15 is 0 Å². The van der Waals surface area contributed by atoms with Gasteiger partial charge in [0.05, 0.1) is 0 Å². The fourth-order valence-corrected chi connectivity index (χ4v) is 2.28. The Kier molecular flexibility index (Phi) is 8.40. The quantitative estimate of drug-likeness (QED) is 0.391. The summed E-state index contributed by atoms with van der Waals surface area (Å²) in [5.41, 5.74) is 0. The van der Waals surface area contributed by atoms with Gasteiger partial charge < -0.3 is 9.74 Å². The van der Waals surface area contributed by atoms with Gasteiger partial charge in [0, 0.05) is 19.4 Å². The maximum absolute atomic E-state index is 11.7. The first-order chi connectivity index (χ1) is 10.6. The number of hydrogen-bond acceptors (Lipinski definition) is 7. The Morgan fingerprint density at radius 3 is 2.09 bits per heavy atom. The first kappa shape index (κ1) is 21.0. The van der Waals surface area contributed by atoms with E-state index in [0.717, 1.165) is 0 Å². The topological polar surface area (TPSA) is 138 Å². The SMILES string of the molecule is CC.CCN(CS(=O)(=O)O)C(=O)CC(=O)ON1C(=O)CCC1=O. The molecule has 1 N–H and O–H groups in total. The minimum Gasteiger partial charge on any atom is -0.330 e. The van der Waals surface area contributed by atoms with Crippen LogP contribution in [-0.2, 0) is 34.1 Å². The van der Waals surface area contributed by atoms with Gasteiger partial charge >= 0.3 is 5.97 Å². The minimum atomic E-state index is -4.42. The highest BCUT2D eigenvalue weighted by molar-refractivity contribution is 7.85. The van der Waals surface area contributed by atoms with Crippen molar-refractivity contribution in [2.75, 3.05) is 12.4 Å². The molecule has 1 heterocycles. The summed E-state index contributed by atoms with van der Waals surface area (Å²) in [6.07, 6.45) is -1.02. The molecule has 0 aliphatic carbocycles. The lowest BCUT2D eigenvalue weighted by Gasteiger charge is -2.19. The van der Waals surface area contributed by atoms with Crippen LogP contribution in [0.15, 0.2) is 0 Å². The van der Waals surface area contributed by atoms with Gasteiger partial charge in [-0.15, -0.1) is 5.06 Å². The predicted octanol–water partition coefficient (Wildman–Crippen LogP) is -0.296. The average molecular weight is 352 g/mol. The van der Waals surface area contributed by atoms with E-state index in [1.165, 1.54) is 6.92 Å². The van der Waals surface area contributed by atoms with E-state index < -0.39 is 46.1 Å². The van der Waals surface area contributed by atoms with Crippen LogP contribution in [0, 0.1) is 0 Å². The van der Waals surface area contributed by atoms with Crippen LogP contribution in [-0.4, -0.2) is 59.0 Å². The molecule has 1 rings (SSSR count). The standard InChI is InChI=1S/C10H14N2O8S.C2H6/c1-2-11(6-21(17,18)19)9(15)5-10(16)20-12-7(13)3-4-8(12)14;1-2/h2-6H2,1H3,(H,17,18,19);1-2H3. The second-order valence-corrected chi connectivity index (χ2v) is 5.60. The van der Waals surface area contributed by atoms with Gasteiger partial charge in [-0.1, -0.05) is 13.8 Å². The molecule has 0 bridgehead atoms. The van der Waals surface area contributed by atoms with Crippen molar-refractivity contribution in [2.24, 2.45) is 0 Å². The fraction of sp³-hybridized carbons (Fsp3) is 0.667. The number of carbonyl (C=O) groups is 4. The van der Waals surface area contributed by atoms with E-state index in [1.54, 1.807) is 0 Å². The Hall–Kier alpha value is -2.01. The molecule has 0 unspecified atom stereocenters. The molecular formula is C12H20N2O8S. The smallest absolute Gasteiger partial charge is 0.330 e. The maximum atomic E-state index is 11.7. The van der Waals surface area contributed by atoms with Gasteiger partial charge in [-0.05, 0) is 6.92 Å². The van der Waals surface area contributed by atoms with Crippen molar-refractivity contribution in [1.29, 1.82) is 0 Å². The molecule has 0 aromatic heterocycles. The number of imide groups is 1. The Bertz CT molecular complexity index is 556. The first-order valence-corrected chi connectivity index (χ1v) is 8.54. The zero-order valence-corrected chi connectivity index (χ0v) is 14.0. The van der Waals surface area contributed by atoms with E-state index in [4.69, 9.17) is 4.55 Å². The Morgan fingerprint density at radius 2 is 1.70 bits per heavy atom. The first-order valence-electron chi connectivity index (χ1n) is 6.93. The van der Waals surface area contributed by atoms with Crippen LogP contribution >= 0.6 is 0 Å². The fourth-order valence-electron chi connectivity index (χ4n) is 1.56. The zero-order valence-electron chi connectivity index (χ0n) is 13.1. The highest BCUT2D eigenvalue weighted by Gasteiger charge is 2.33. The molecule has 10 nitrogen and oxygen atoms in total. The molecule has 1 aliphatic rings. The van der Waals surface area contributed by atoms with E-state index in [2.05, 4.69) is 4.84 Å². The van der Waals surface area contributed by atoms with Crippen molar-refractivity contribution >= 4 is 33.8 Å². The van der Waals surface area contributed by atoms with Gasteiger partial charge in [-0.2, -0.15) is 8.42 Å². The molecular weight excluding hydrogens is 332 g/mol. The van der Waals surface area contributed by atoms with Crippen LogP contribution in [0.4, 0.5) is 0 Å². The van der Waals surface area contributed by atoms with Gasteiger partial charge in [-0.25, -0.2) is 4.79 Å². The summed E-state index contributed by atoms with van der Waals surface area (Å²) in [6.45, 7) is 5.38. The average Bonchev–Trinajstić information content (AvgIpc) is 2.77. The Balaban J connectivity index is 0.00000232. The summed E-state index contributed by atoms with van der Waals surface area (Å²) in [6, 6.07) is 0. The number of carbonyl (C=O) groups excluding carboxylic acids is 4. The normalized spacial score (nSPS) is 14.2. The molecule has 23 heavy (non-hydrogen) atoms. The van der Waals surface area contributed by atoms with Crippen molar-refractivity contribution < 1.29 is 37.0 Å². The van der Waals surface area contributed by atoms with Crippen LogP contribution in [0.25, 0.3) is 0 Å². The summed E-state index contributed by atoms with van der Waals surface area (Å²) in [4.78, 5) is 50.7. The van der Waals surface area contributed by atoms with E-state index in [1.807, 2.05) is 13.8 Å². The van der Waals surface area contributed by atoms with Gasteiger partial charge in [-0.3, -0.25) is 18.9 Å². The summed E-state index contributed by atoms with van der Waals surface area (Å²) >= 11 is 0. The number of amides is 3. The Morgan fingerprint density at radius 1 is 1.22 bits per heavy atom. The Labute approximate surface area is 134 Å². The number of hydrogen-bond donors (Lipinski definition) is 1. The summed E-state index contributed by atoms with van der Waals surface area (Å²) in [5, 5.41) is 0.286. The molecule has 1 saturated heterocycles. The lowest BCUT2D eigenvalue weighted by molar-refractivity contribution is -0.198. The summed E-state index contributed by atoms with van der Waals surface area (Å²) in [7, 11) is -4.42. The zero-order chi connectivity index (χ0) is 18.2. The molecule has 132 valence electrons. The third-order valence-electron chi connectivity index (χ3n) is 2.55. The van der Waals surface area contributed by atoms with Crippen LogP contribution in [0.5, 0.6) is 0 Å². The van der Waals surface area contributed by atoms with Crippen molar-refractivity contribution in [3.8, 4) is 0 Å². The molecule has 0 aromatic rings. The van der Waals surface area contributed by atoms with Crippen molar-refractivity contribution in [1.82, 2.24) is 9.96 Å². The minimum absolute atomic E-state index is 0.0620. The molecule has 1 fully saturated rings. The summed E-state index contributed by atoms with van der Waals surface area (Å²) in [5.74, 6) is -4.43. The predicted molar refractivity (Wildman–Crippen MR) is 76.9 cm³/mol. The number of rotatable bonds is 6. The molecule has 0 saturated carbocycles. The molecule has 3 amide bonds. The van der Waals surface area contributed by atoms with E-state index in [9.17, 15) is 27.6 Å². The van der Waals surface area contributed by atoms with Gasteiger partial charge in [0.15, 0.2) is 0 Å².